The molecule has 1 heterocycles. The highest BCUT2D eigenvalue weighted by Crippen LogP contribution is 2.46. The van der Waals surface area contributed by atoms with Crippen LogP contribution in [0.25, 0.3) is 10.9 Å². The maximum atomic E-state index is 13.9. The van der Waals surface area contributed by atoms with Crippen molar-refractivity contribution in [1.82, 2.24) is 15.3 Å². The molecule has 0 unspecified atom stereocenters. The van der Waals surface area contributed by atoms with Crippen LogP contribution in [-0.2, 0) is 14.5 Å². The Hall–Kier alpha value is -3.48. The lowest BCUT2D eigenvalue weighted by atomic mass is 10.0. The van der Waals surface area contributed by atoms with Gasteiger partial charge in [-0.3, -0.25) is 4.79 Å². The largest absolute Gasteiger partial charge is 0.481 e. The van der Waals surface area contributed by atoms with Gasteiger partial charge < -0.3 is 15.4 Å². The summed E-state index contributed by atoms with van der Waals surface area (Å²) in [5.74, 6) is -1.11. The lowest BCUT2D eigenvalue weighted by Crippen LogP contribution is -2.36. The number of ether oxygens (including phenoxy) is 1. The average Bonchev–Trinajstić information content (AvgIpc) is 3.61. The second-order valence-electron chi connectivity index (χ2n) is 8.64. The van der Waals surface area contributed by atoms with Crippen LogP contribution >= 0.6 is 0 Å². The summed E-state index contributed by atoms with van der Waals surface area (Å²) in [6.07, 6.45) is 1.76. The van der Waals surface area contributed by atoms with Gasteiger partial charge in [-0.15, -0.1) is 0 Å². The number of anilines is 2. The highest BCUT2D eigenvalue weighted by Gasteiger charge is 2.29. The maximum Gasteiger partial charge on any atom is 0.405 e. The van der Waals surface area contributed by atoms with Gasteiger partial charge >= 0.3 is 6.18 Å². The number of nitrogens with one attached hydrogen (secondary N) is 2. The van der Waals surface area contributed by atoms with Crippen LogP contribution in [-0.4, -0.2) is 51.9 Å². The molecule has 2 N–H and O–H groups in total. The van der Waals surface area contributed by atoms with Crippen molar-refractivity contribution in [3.05, 3.63) is 48.0 Å². The average molecular weight is 526 g/mol. The zero-order valence-electron chi connectivity index (χ0n) is 19.4. The molecule has 1 amide bonds. The third-order valence-corrected chi connectivity index (χ3v) is 5.79. The first kappa shape index (κ1) is 25.6. The molecule has 0 spiro atoms. The number of hydrogen-bond acceptors (Lipinski definition) is 7. The molecule has 1 aromatic heterocycles. The highest BCUT2D eigenvalue weighted by atomic mass is 32.2. The summed E-state index contributed by atoms with van der Waals surface area (Å²) in [5.41, 5.74) is 2.28. The molecule has 1 fully saturated rings. The summed E-state index contributed by atoms with van der Waals surface area (Å²) in [4.78, 5) is 20.4. The van der Waals surface area contributed by atoms with Gasteiger partial charge in [0.1, 0.15) is 30.3 Å². The fourth-order valence-electron chi connectivity index (χ4n) is 3.56. The van der Waals surface area contributed by atoms with E-state index in [1.165, 1.54) is 18.5 Å². The first-order chi connectivity index (χ1) is 16.9. The molecule has 192 valence electrons. The van der Waals surface area contributed by atoms with E-state index < -0.39 is 40.8 Å². The van der Waals surface area contributed by atoms with E-state index in [1.807, 2.05) is 6.07 Å². The number of alkyl halides is 3. The van der Waals surface area contributed by atoms with Crippen LogP contribution < -0.4 is 15.4 Å². The summed E-state index contributed by atoms with van der Waals surface area (Å²) >= 11 is 0. The third kappa shape index (κ3) is 6.80. The molecule has 0 bridgehead atoms. The zero-order valence-corrected chi connectivity index (χ0v) is 20.2. The normalized spacial score (nSPS) is 13.9. The van der Waals surface area contributed by atoms with Crippen LogP contribution in [0.15, 0.2) is 41.0 Å². The van der Waals surface area contributed by atoms with Crippen LogP contribution in [0.1, 0.15) is 24.3 Å². The van der Waals surface area contributed by atoms with Gasteiger partial charge in [-0.05, 0) is 48.6 Å². The number of benzene rings is 2. The molecule has 13 heteroatoms. The lowest BCUT2D eigenvalue weighted by molar-refractivity contribution is -0.139. The summed E-state index contributed by atoms with van der Waals surface area (Å²) in [5, 5.41) is 5.47. The molecular weight excluding hydrogens is 502 g/mol. The van der Waals surface area contributed by atoms with Crippen molar-refractivity contribution in [2.24, 2.45) is 4.36 Å². The van der Waals surface area contributed by atoms with Crippen LogP contribution in [0, 0.1) is 5.82 Å². The Morgan fingerprint density at radius 1 is 1.19 bits per heavy atom. The molecule has 0 saturated heterocycles. The van der Waals surface area contributed by atoms with E-state index in [4.69, 9.17) is 4.74 Å². The van der Waals surface area contributed by atoms with Crippen LogP contribution in [0.3, 0.4) is 0 Å². The van der Waals surface area contributed by atoms with Crippen molar-refractivity contribution >= 4 is 43.7 Å². The van der Waals surface area contributed by atoms with E-state index >= 15 is 0 Å². The maximum absolute atomic E-state index is 13.9. The minimum Gasteiger partial charge on any atom is -0.481 e. The van der Waals surface area contributed by atoms with Crippen molar-refractivity contribution in [1.29, 1.82) is 0 Å². The van der Waals surface area contributed by atoms with Gasteiger partial charge in [-0.2, -0.15) is 17.5 Å². The van der Waals surface area contributed by atoms with Gasteiger partial charge in [0.15, 0.2) is 6.61 Å². The SMILES string of the molecule is CS(C)(=O)=Nc1cc(C2CC2)c2c(Nc3ccc(F)cc3OCC(=O)NCC(F)(F)F)ncnc2c1. The summed E-state index contributed by atoms with van der Waals surface area (Å²) in [6, 6.07) is 7.11. The van der Waals surface area contributed by atoms with Gasteiger partial charge in [0.25, 0.3) is 5.91 Å². The van der Waals surface area contributed by atoms with E-state index in [1.54, 1.807) is 23.9 Å². The van der Waals surface area contributed by atoms with Gasteiger partial charge in [0.05, 0.1) is 16.9 Å². The van der Waals surface area contributed by atoms with Crippen molar-refractivity contribution < 1.29 is 31.3 Å². The topological polar surface area (TPSA) is 106 Å². The molecule has 4 rings (SSSR count). The van der Waals surface area contributed by atoms with Crippen molar-refractivity contribution in [2.75, 3.05) is 31.0 Å². The van der Waals surface area contributed by atoms with E-state index in [0.717, 1.165) is 24.5 Å². The quantitative estimate of drug-likeness (QED) is 0.409. The number of hydrogen-bond donors (Lipinski definition) is 2. The number of halogens is 4. The molecule has 0 radical (unpaired) electrons. The van der Waals surface area contributed by atoms with E-state index in [-0.39, 0.29) is 17.4 Å². The number of carbonyl (C=O) groups is 1. The summed E-state index contributed by atoms with van der Waals surface area (Å²) < 4.78 is 72.7. The molecule has 1 saturated carbocycles. The Morgan fingerprint density at radius 3 is 2.61 bits per heavy atom. The predicted octanol–water partition coefficient (Wildman–Crippen LogP) is 4.81. The molecule has 2 aromatic carbocycles. The van der Waals surface area contributed by atoms with E-state index in [9.17, 15) is 26.6 Å². The van der Waals surface area contributed by atoms with Crippen molar-refractivity contribution in [2.45, 2.75) is 24.9 Å². The summed E-state index contributed by atoms with van der Waals surface area (Å²) in [7, 11) is -2.39. The molecule has 36 heavy (non-hydrogen) atoms. The van der Waals surface area contributed by atoms with Crippen molar-refractivity contribution in [3.63, 3.8) is 0 Å². The molecule has 1 aliphatic carbocycles. The highest BCUT2D eigenvalue weighted by molar-refractivity contribution is 7.92. The second-order valence-corrected chi connectivity index (χ2v) is 11.2. The van der Waals surface area contributed by atoms with Gasteiger partial charge in [0.2, 0.25) is 0 Å². The van der Waals surface area contributed by atoms with E-state index in [2.05, 4.69) is 19.6 Å². The molecule has 0 atom stereocenters. The number of fused-ring (bicyclic) bond motifs is 1. The fourth-order valence-corrected chi connectivity index (χ4v) is 4.18. The standard InChI is InChI=1S/C23H23F4N5O3S/c1-36(2,34)32-15-8-16(13-3-4-13)21-18(9-15)29-12-30-22(21)31-17-6-5-14(24)7-19(17)35-10-20(33)28-11-23(25,26)27/h5-9,12-13H,3-4,10-11H2,1-2H3,(H,28,33)(H,29,30,31). The number of carbonyl (C=O) groups excluding carboxylic acids is 1. The van der Waals surface area contributed by atoms with Crippen molar-refractivity contribution in [3.8, 4) is 5.75 Å². The lowest BCUT2D eigenvalue weighted by Gasteiger charge is -2.16. The molecular formula is C23H23F4N5O3S. The first-order valence-electron chi connectivity index (χ1n) is 10.9. The fraction of sp³-hybridized carbons (Fsp3) is 0.348. The van der Waals surface area contributed by atoms with Gasteiger partial charge in [0, 0.05) is 33.7 Å². The zero-order chi connectivity index (χ0) is 26.1. The molecule has 8 nitrogen and oxygen atoms in total. The Kier molecular flexibility index (Phi) is 7.03. The molecule has 0 aliphatic heterocycles. The Morgan fingerprint density at radius 2 is 1.94 bits per heavy atom. The number of nitrogens with zero attached hydrogens (tertiary/aromatic N) is 3. The smallest absolute Gasteiger partial charge is 0.405 e. The second kappa shape index (κ2) is 9.88. The molecule has 1 aliphatic rings. The summed E-state index contributed by atoms with van der Waals surface area (Å²) in [6.45, 7) is -2.25. The van der Waals surface area contributed by atoms with Crippen LogP contribution in [0.2, 0.25) is 0 Å². The van der Waals surface area contributed by atoms with Gasteiger partial charge in [-0.1, -0.05) is 0 Å². The Labute approximate surface area is 204 Å². The Bertz CT molecular complexity index is 1430. The predicted molar refractivity (Wildman–Crippen MR) is 128 cm³/mol. The molecule has 3 aromatic rings. The number of rotatable bonds is 8. The first-order valence-corrected chi connectivity index (χ1v) is 13.2. The Balaban J connectivity index is 1.65. The van der Waals surface area contributed by atoms with Gasteiger partial charge in [-0.25, -0.2) is 18.6 Å². The number of amides is 1. The third-order valence-electron chi connectivity index (χ3n) is 5.14. The van der Waals surface area contributed by atoms with Crippen LogP contribution in [0.5, 0.6) is 5.75 Å². The minimum atomic E-state index is -4.56. The van der Waals surface area contributed by atoms with Crippen LogP contribution in [0.4, 0.5) is 34.8 Å². The monoisotopic (exact) mass is 525 g/mol. The minimum absolute atomic E-state index is 0.0831. The number of aromatic nitrogens is 2. The van der Waals surface area contributed by atoms with E-state index in [0.29, 0.717) is 22.4 Å².